The van der Waals surface area contributed by atoms with Crippen LogP contribution >= 0.6 is 23.2 Å². The molecule has 0 radical (unpaired) electrons. The highest BCUT2D eigenvalue weighted by Crippen LogP contribution is 2.50. The molecular weight excluding hydrogens is 1520 g/mol. The van der Waals surface area contributed by atoms with E-state index in [0.29, 0.717) is 0 Å². The zero-order valence-corrected chi connectivity index (χ0v) is 63.1. The van der Waals surface area contributed by atoms with Crippen LogP contribution in [0.1, 0.15) is 125 Å². The van der Waals surface area contributed by atoms with Gasteiger partial charge in [-0.05, 0) is 131 Å². The summed E-state index contributed by atoms with van der Waals surface area (Å²) in [5.74, 6) is -16.0. The minimum Gasteiger partial charge on any atom is -0.508 e. The van der Waals surface area contributed by atoms with Crippen molar-refractivity contribution in [2.45, 2.75) is 201 Å². The van der Waals surface area contributed by atoms with Gasteiger partial charge in [0.2, 0.25) is 53.4 Å². The standard InChI is InChI=1S/C74H90Cl2N10O26/c1-27(2)15-40(86(7)8)66(98)84-55-57(92)31-10-13-43(37(75)17-31)107-45-19-33-20-46(61(45)112-72-62(59(94)58(93)47(26-87)109-72)111-50-25-74(6,79)64(96)29(4)106-50)108-44-14-11-32(18-38(44)76)60(110-49-24-73(5,78)63(95)28(3)105-49)56-70(102)83-54(71(103)104)36-21-34(88)22-42(90)51(36)35-16-30(9-12-41(35)89)52(67(99)85-56)82-68(100)53(33)81-65(97)39(23-48(77)91)80-69(55)101/h9-14,16-22,27-29,39-40,47,49-50,52-60,62-64,72,87-90,92-96H,15,23-26,78-79H2,1-8H3,(H2,77,91)(H,80,101)(H,81,97)(H,82,100)(H,83,102)(H,84,98)(H,85,99)(H,103,104)/t28-,29-,39+,40+,47+,49+,50+,52?,53+,54-,55+,56?,57+,58+,59+,60-,62+,63-,64-,72+,73-,74-/m1/s1. The van der Waals surface area contributed by atoms with E-state index in [9.17, 15) is 65.4 Å². The van der Waals surface area contributed by atoms with Crippen LogP contribution in [0.25, 0.3) is 11.1 Å². The Morgan fingerprint density at radius 3 is 1.79 bits per heavy atom. The third-order valence-corrected chi connectivity index (χ3v) is 21.0. The molecule has 11 bridgehead atoms. The number of likely N-dealkylation sites (N-methyl/N-ethyl adjacent to an activating group) is 1. The van der Waals surface area contributed by atoms with Crippen molar-refractivity contribution in [3.8, 4) is 57.1 Å². The summed E-state index contributed by atoms with van der Waals surface area (Å²) in [6, 6.07) is -0.361. The molecule has 8 heterocycles. The number of aliphatic hydroxyl groups is 6. The molecular formula is C74H90Cl2N10O26. The Kier molecular flexibility index (Phi) is 24.9. The molecule has 22 atom stereocenters. The number of carbonyl (C=O) groups excluding carboxylic acids is 7. The van der Waals surface area contributed by atoms with Gasteiger partial charge in [-0.2, -0.15) is 0 Å². The van der Waals surface area contributed by atoms with Gasteiger partial charge in [-0.1, -0.05) is 55.2 Å². The number of carboxylic acids is 1. The Balaban J connectivity index is 1.19. The number of carbonyl (C=O) groups is 8. The van der Waals surface area contributed by atoms with Crippen LogP contribution in [-0.4, -0.2) is 227 Å². The number of aromatic hydroxyl groups is 3. The minimum absolute atomic E-state index is 0.106. The lowest BCUT2D eigenvalue weighted by atomic mass is 9.86. The maximum absolute atomic E-state index is 16.4. The summed E-state index contributed by atoms with van der Waals surface area (Å²) >= 11 is 14.5. The van der Waals surface area contributed by atoms with Crippen molar-refractivity contribution < 1.29 is 127 Å². The Labute approximate surface area is 650 Å². The molecule has 3 fully saturated rings. The fourth-order valence-corrected chi connectivity index (χ4v) is 14.9. The molecule has 2 unspecified atom stereocenters. The van der Waals surface area contributed by atoms with Gasteiger partial charge >= 0.3 is 5.97 Å². The second-order valence-electron chi connectivity index (χ2n) is 29.9. The van der Waals surface area contributed by atoms with Crippen molar-refractivity contribution in [2.75, 3.05) is 20.7 Å². The minimum atomic E-state index is -2.38. The topological polar surface area (TPSA) is 566 Å². The third-order valence-electron chi connectivity index (χ3n) is 20.4. The predicted octanol–water partition coefficient (Wildman–Crippen LogP) is 0.686. The molecule has 3 saturated heterocycles. The number of benzene rings is 5. The van der Waals surface area contributed by atoms with Crippen LogP contribution in [0.4, 0.5) is 0 Å². The summed E-state index contributed by atoms with van der Waals surface area (Å²) < 4.78 is 51.7. The van der Waals surface area contributed by atoms with Crippen LogP contribution in [0.2, 0.25) is 10.0 Å². The summed E-state index contributed by atoms with van der Waals surface area (Å²) in [6.07, 6.45) is -22.8. The van der Waals surface area contributed by atoms with Crippen molar-refractivity contribution in [1.29, 1.82) is 0 Å². The van der Waals surface area contributed by atoms with Crippen LogP contribution < -0.4 is 63.3 Å². The number of aliphatic carboxylic acids is 1. The van der Waals surface area contributed by atoms with Crippen LogP contribution in [0.3, 0.4) is 0 Å². The predicted molar refractivity (Wildman–Crippen MR) is 390 cm³/mol. The second kappa shape index (κ2) is 33.4. The molecule has 5 aromatic carbocycles. The fourth-order valence-electron chi connectivity index (χ4n) is 14.4. The Hall–Kier alpha value is -9.32. The van der Waals surface area contributed by atoms with Crippen molar-refractivity contribution in [2.24, 2.45) is 23.1 Å². The molecule has 8 aliphatic heterocycles. The smallest absolute Gasteiger partial charge is 0.330 e. The molecule has 13 rings (SSSR count). The van der Waals surface area contributed by atoms with Gasteiger partial charge in [-0.3, -0.25) is 38.5 Å². The maximum Gasteiger partial charge on any atom is 0.330 e. The molecule has 38 heteroatoms. The molecule has 7 amide bonds. The molecule has 0 aliphatic carbocycles. The Morgan fingerprint density at radius 1 is 0.661 bits per heavy atom. The molecule has 0 aromatic heterocycles. The van der Waals surface area contributed by atoms with E-state index >= 15 is 24.0 Å². The number of ether oxygens (including phenoxy) is 8. The number of hydrogen-bond acceptors (Lipinski definition) is 28. The average molecular weight is 1610 g/mol. The summed E-state index contributed by atoms with van der Waals surface area (Å²) in [5.41, 5.74) is 13.3. The number of aliphatic hydroxyl groups excluding tert-OH is 6. The number of nitrogens with one attached hydrogen (secondary N) is 6. The van der Waals surface area contributed by atoms with E-state index in [4.69, 9.17) is 78.3 Å². The van der Waals surface area contributed by atoms with E-state index < -0.39 is 261 Å². The number of rotatable bonds is 15. The van der Waals surface area contributed by atoms with Gasteiger partial charge in [-0.25, -0.2) is 4.79 Å². The normalized spacial score (nSPS) is 31.9. The van der Waals surface area contributed by atoms with Crippen molar-refractivity contribution in [1.82, 2.24) is 36.8 Å². The molecule has 112 heavy (non-hydrogen) atoms. The number of nitrogens with zero attached hydrogens (tertiary/aromatic N) is 1. The highest BCUT2D eigenvalue weighted by molar-refractivity contribution is 6.32. The quantitative estimate of drug-likeness (QED) is 0.0685. The van der Waals surface area contributed by atoms with Gasteiger partial charge in [-0.15, -0.1) is 0 Å². The number of amides is 7. The molecule has 0 spiro atoms. The largest absolute Gasteiger partial charge is 0.508 e. The Morgan fingerprint density at radius 2 is 1.22 bits per heavy atom. The lowest BCUT2D eigenvalue weighted by molar-refractivity contribution is -0.333. The van der Waals surface area contributed by atoms with Crippen molar-refractivity contribution >= 4 is 70.5 Å². The van der Waals surface area contributed by atoms with Gasteiger partial charge in [0.1, 0.15) is 89.5 Å². The maximum atomic E-state index is 16.4. The zero-order chi connectivity index (χ0) is 81.8. The highest BCUT2D eigenvalue weighted by atomic mass is 35.5. The molecule has 0 saturated carbocycles. The molecule has 22 N–H and O–H groups in total. The zero-order valence-electron chi connectivity index (χ0n) is 61.6. The number of primary amides is 1. The van der Waals surface area contributed by atoms with E-state index in [1.54, 1.807) is 19.0 Å². The van der Waals surface area contributed by atoms with E-state index in [1.165, 1.54) is 58.0 Å². The van der Waals surface area contributed by atoms with E-state index in [0.717, 1.165) is 48.5 Å². The first kappa shape index (κ1) is 83.6. The first-order valence-corrected chi connectivity index (χ1v) is 36.4. The van der Waals surface area contributed by atoms with Gasteiger partial charge in [0.25, 0.3) is 0 Å². The number of carboxylic acid groups (broad SMARTS) is 1. The van der Waals surface area contributed by atoms with Gasteiger partial charge in [0, 0.05) is 46.7 Å². The number of halogens is 2. The van der Waals surface area contributed by atoms with Crippen molar-refractivity contribution in [3.63, 3.8) is 0 Å². The second-order valence-corrected chi connectivity index (χ2v) is 30.7. The molecule has 606 valence electrons. The van der Waals surface area contributed by atoms with Crippen LogP contribution in [-0.2, 0) is 62.0 Å². The van der Waals surface area contributed by atoms with E-state index in [-0.39, 0.29) is 52.6 Å². The number of hydrogen-bond donors (Lipinski definition) is 19. The van der Waals surface area contributed by atoms with Crippen LogP contribution in [0.15, 0.2) is 78.9 Å². The molecule has 36 nitrogen and oxygen atoms in total. The Bertz CT molecular complexity index is 4460. The van der Waals surface area contributed by atoms with Crippen LogP contribution in [0, 0.1) is 5.92 Å². The molecule has 5 aromatic rings. The lowest BCUT2D eigenvalue weighted by Gasteiger charge is -2.47. The van der Waals surface area contributed by atoms with Gasteiger partial charge in [0.05, 0.1) is 53.5 Å². The fraction of sp³-hybridized carbons (Fsp3) is 0.486. The number of nitrogens with two attached hydrogens (primary N) is 3. The first-order valence-electron chi connectivity index (χ1n) is 35.7. The van der Waals surface area contributed by atoms with E-state index in [2.05, 4.69) is 31.9 Å². The highest BCUT2D eigenvalue weighted by Gasteiger charge is 2.52. The average Bonchev–Trinajstić information content (AvgIpc) is 0.766. The van der Waals surface area contributed by atoms with Gasteiger partial charge < -0.3 is 138 Å². The first-order chi connectivity index (χ1) is 52.6. The SMILES string of the molecule is CC(C)C[C@@H](C(=O)N[C@@H]1C(=O)N[C@@H](CC(N)=O)C(=O)N[C@@H]2C(=O)NC3C(=O)NC(C(=O)N[C@@H](C(=O)O)c4cc(O)cc(O)c4-c4cc3ccc4O)[C@H](O[C@H]3C[C@@](C)(N)[C@H](O)[C@@H](C)O3)c3ccc(c(Cl)c3)Oc3cc2cc(c3O[C@@H]2O[C@@H](CO)[C@H](O)[C@H](O)[C@@H]2O[C@H]2C[C@@](C)(N)[C@H](O)[C@@H](C)O2)Oc2ccc(cc2Cl)[C@@H]1O)N(C)C. The van der Waals surface area contributed by atoms with Gasteiger partial charge in [0.15, 0.2) is 36.2 Å². The lowest BCUT2D eigenvalue weighted by Crippen LogP contribution is -2.64. The third kappa shape index (κ3) is 17.7. The summed E-state index contributed by atoms with van der Waals surface area (Å²) in [7, 11) is 3.19. The van der Waals surface area contributed by atoms with E-state index in [1.807, 2.05) is 13.8 Å². The van der Waals surface area contributed by atoms with Crippen molar-refractivity contribution in [3.05, 3.63) is 117 Å². The monoisotopic (exact) mass is 1600 g/mol. The summed E-state index contributed by atoms with van der Waals surface area (Å²) in [5, 5.41) is 129. The number of fused-ring (bicyclic) bond motifs is 15. The van der Waals surface area contributed by atoms with Crippen LogP contribution in [0.5, 0.6) is 46.0 Å². The number of phenolic OH excluding ortho intramolecular Hbond substituents is 3. The number of phenols is 3. The summed E-state index contributed by atoms with van der Waals surface area (Å²) in [6.45, 7) is 8.62. The molecule has 8 aliphatic rings. The summed E-state index contributed by atoms with van der Waals surface area (Å²) in [4.78, 5) is 122.